The van der Waals surface area contributed by atoms with Crippen molar-refractivity contribution >= 4 is 5.91 Å². The number of carbonyl (C=O) groups excluding carboxylic acids is 1. The number of fused-ring (bicyclic) bond motifs is 1. The highest BCUT2D eigenvalue weighted by molar-refractivity contribution is 5.82. The van der Waals surface area contributed by atoms with Crippen molar-refractivity contribution in [2.45, 2.75) is 38.3 Å². The molecule has 1 aromatic rings. The summed E-state index contributed by atoms with van der Waals surface area (Å²) >= 11 is 0. The molecule has 0 aromatic carbocycles. The van der Waals surface area contributed by atoms with Gasteiger partial charge in [-0.15, -0.1) is 0 Å². The Morgan fingerprint density at radius 1 is 1.50 bits per heavy atom. The van der Waals surface area contributed by atoms with Crippen molar-refractivity contribution in [1.29, 1.82) is 0 Å². The lowest BCUT2D eigenvalue weighted by atomic mass is 10.0. The average molecular weight is 278 g/mol. The molecule has 6 nitrogen and oxygen atoms in total. The molecule has 1 saturated carbocycles. The first-order chi connectivity index (χ1) is 9.83. The fourth-order valence-corrected chi connectivity index (χ4v) is 2.40. The third-order valence-corrected chi connectivity index (χ3v) is 3.86. The number of rotatable bonds is 7. The summed E-state index contributed by atoms with van der Waals surface area (Å²) in [6.45, 7) is 2.98. The zero-order chi connectivity index (χ0) is 13.8. The van der Waals surface area contributed by atoms with Crippen molar-refractivity contribution in [2.24, 2.45) is 5.92 Å². The van der Waals surface area contributed by atoms with Gasteiger partial charge in [-0.2, -0.15) is 0 Å². The summed E-state index contributed by atoms with van der Waals surface area (Å²) in [4.78, 5) is 19.3. The Bertz CT molecular complexity index is 456. The number of nitrogens with one attached hydrogen (secondary N) is 3. The first-order valence-electron chi connectivity index (χ1n) is 7.43. The number of hydrogen-bond acceptors (Lipinski definition) is 4. The number of ether oxygens (including phenoxy) is 1. The molecule has 0 bridgehead atoms. The molecule has 110 valence electrons. The number of hydrogen-bond donors (Lipinski definition) is 3. The van der Waals surface area contributed by atoms with Gasteiger partial charge in [0.2, 0.25) is 5.91 Å². The number of carbonyl (C=O) groups is 1. The third kappa shape index (κ3) is 3.58. The monoisotopic (exact) mass is 278 g/mol. The lowest BCUT2D eigenvalue weighted by Gasteiger charge is -2.22. The Kier molecular flexibility index (Phi) is 4.32. The Morgan fingerprint density at radius 3 is 3.25 bits per heavy atom. The minimum absolute atomic E-state index is 0.0563. The Balaban J connectivity index is 1.31. The van der Waals surface area contributed by atoms with Gasteiger partial charge in [0.15, 0.2) is 0 Å². The van der Waals surface area contributed by atoms with E-state index in [4.69, 9.17) is 4.74 Å². The molecule has 1 fully saturated rings. The highest BCUT2D eigenvalue weighted by Gasteiger charge is 2.25. The molecule has 20 heavy (non-hydrogen) atoms. The zero-order valence-corrected chi connectivity index (χ0v) is 11.7. The normalized spacial score (nSPS) is 21.5. The highest BCUT2D eigenvalue weighted by atomic mass is 16.5. The lowest BCUT2D eigenvalue weighted by molar-refractivity contribution is -0.123. The van der Waals surface area contributed by atoms with Gasteiger partial charge in [-0.05, 0) is 25.2 Å². The quantitative estimate of drug-likeness (QED) is 0.629. The molecular formula is C14H22N4O2. The number of nitrogens with zero attached hydrogens (tertiary/aromatic N) is 1. The van der Waals surface area contributed by atoms with Crippen molar-refractivity contribution < 1.29 is 9.53 Å². The number of aromatic amines is 1. The molecule has 1 aliphatic carbocycles. The van der Waals surface area contributed by atoms with Gasteiger partial charge in [0.1, 0.15) is 0 Å². The predicted octanol–water partition coefficient (Wildman–Crippen LogP) is 0.357. The average Bonchev–Trinajstić information content (AvgIpc) is 3.17. The molecule has 3 N–H and O–H groups in total. The van der Waals surface area contributed by atoms with Crippen molar-refractivity contribution in [3.8, 4) is 0 Å². The summed E-state index contributed by atoms with van der Waals surface area (Å²) in [6, 6.07) is -0.168. The second-order valence-electron chi connectivity index (χ2n) is 5.63. The van der Waals surface area contributed by atoms with E-state index in [-0.39, 0.29) is 11.9 Å². The molecule has 2 aliphatic rings. The maximum atomic E-state index is 12.0. The SMILES string of the molecule is O=C(NCCCOCC1CC1)C1Cc2nc[nH]c2CN1. The van der Waals surface area contributed by atoms with Crippen LogP contribution in [-0.4, -0.2) is 41.7 Å². The largest absolute Gasteiger partial charge is 0.381 e. The van der Waals surface area contributed by atoms with Crippen LogP contribution in [0.1, 0.15) is 30.7 Å². The summed E-state index contributed by atoms with van der Waals surface area (Å²) in [7, 11) is 0. The van der Waals surface area contributed by atoms with Crippen molar-refractivity contribution in [1.82, 2.24) is 20.6 Å². The third-order valence-electron chi connectivity index (χ3n) is 3.86. The van der Waals surface area contributed by atoms with Crippen molar-refractivity contribution in [3.05, 3.63) is 17.7 Å². The molecule has 1 atom stereocenters. The molecule has 1 aliphatic heterocycles. The van der Waals surface area contributed by atoms with Crippen molar-refractivity contribution in [3.63, 3.8) is 0 Å². The van der Waals surface area contributed by atoms with Crippen LogP contribution in [0.15, 0.2) is 6.33 Å². The molecule has 1 aromatic heterocycles. The number of imidazole rings is 1. The molecule has 0 saturated heterocycles. The minimum atomic E-state index is -0.168. The van der Waals surface area contributed by atoms with E-state index in [1.165, 1.54) is 12.8 Å². The van der Waals surface area contributed by atoms with Crippen LogP contribution >= 0.6 is 0 Å². The fraction of sp³-hybridized carbons (Fsp3) is 0.714. The van der Waals surface area contributed by atoms with Crippen LogP contribution in [0.3, 0.4) is 0 Å². The smallest absolute Gasteiger partial charge is 0.237 e. The van der Waals surface area contributed by atoms with Crippen molar-refractivity contribution in [2.75, 3.05) is 19.8 Å². The lowest BCUT2D eigenvalue weighted by Crippen LogP contribution is -2.48. The topological polar surface area (TPSA) is 79.0 Å². The summed E-state index contributed by atoms with van der Waals surface area (Å²) in [5, 5.41) is 6.18. The van der Waals surface area contributed by atoms with Gasteiger partial charge in [0.25, 0.3) is 0 Å². The predicted molar refractivity (Wildman–Crippen MR) is 74.1 cm³/mol. The summed E-state index contributed by atoms with van der Waals surface area (Å²) < 4.78 is 5.54. The Hall–Kier alpha value is -1.40. The summed E-state index contributed by atoms with van der Waals surface area (Å²) in [5.41, 5.74) is 2.08. The molecular weight excluding hydrogens is 256 g/mol. The van der Waals surface area contributed by atoms with Gasteiger partial charge in [-0.3, -0.25) is 10.1 Å². The highest BCUT2D eigenvalue weighted by Crippen LogP contribution is 2.28. The minimum Gasteiger partial charge on any atom is -0.381 e. The van der Waals surface area contributed by atoms with Gasteiger partial charge in [-0.1, -0.05) is 0 Å². The Morgan fingerprint density at radius 2 is 2.40 bits per heavy atom. The van der Waals surface area contributed by atoms with Gasteiger partial charge in [-0.25, -0.2) is 4.98 Å². The number of amides is 1. The van der Waals surface area contributed by atoms with Crippen LogP contribution in [-0.2, 0) is 22.5 Å². The van der Waals surface area contributed by atoms with E-state index in [0.29, 0.717) is 19.5 Å². The maximum Gasteiger partial charge on any atom is 0.237 e. The molecule has 2 heterocycles. The first-order valence-corrected chi connectivity index (χ1v) is 7.43. The van der Waals surface area contributed by atoms with E-state index in [2.05, 4.69) is 20.6 Å². The molecule has 0 radical (unpaired) electrons. The van der Waals surface area contributed by atoms with Crippen LogP contribution in [0, 0.1) is 5.92 Å². The molecule has 6 heteroatoms. The second kappa shape index (κ2) is 6.37. The fourth-order valence-electron chi connectivity index (χ4n) is 2.40. The molecule has 1 unspecified atom stereocenters. The standard InChI is InChI=1S/C14H22N4O2/c19-14(15-4-1-5-20-8-10-2-3-10)12-6-11-13(7-16-12)18-9-17-11/h9-10,12,16H,1-8H2,(H,15,19)(H,17,18). The van der Waals surface area contributed by atoms with Gasteiger partial charge < -0.3 is 15.0 Å². The van der Waals surface area contributed by atoms with Crippen LogP contribution in [0.2, 0.25) is 0 Å². The first kappa shape index (κ1) is 13.6. The van der Waals surface area contributed by atoms with Gasteiger partial charge in [0.05, 0.1) is 23.8 Å². The van der Waals surface area contributed by atoms with Crippen LogP contribution in [0.4, 0.5) is 0 Å². The number of H-pyrrole nitrogens is 1. The van der Waals surface area contributed by atoms with Gasteiger partial charge in [0, 0.05) is 32.7 Å². The van der Waals surface area contributed by atoms with E-state index in [1.54, 1.807) is 6.33 Å². The molecule has 1 amide bonds. The number of aromatic nitrogens is 2. The van der Waals surface area contributed by atoms with Gasteiger partial charge >= 0.3 is 0 Å². The van der Waals surface area contributed by atoms with Crippen LogP contribution in [0.25, 0.3) is 0 Å². The van der Waals surface area contributed by atoms with E-state index in [9.17, 15) is 4.79 Å². The molecule has 3 rings (SSSR count). The summed E-state index contributed by atoms with van der Waals surface area (Å²) in [5.74, 6) is 0.861. The van der Waals surface area contributed by atoms with E-state index >= 15 is 0 Å². The van der Waals surface area contributed by atoms with E-state index in [0.717, 1.165) is 36.9 Å². The zero-order valence-electron chi connectivity index (χ0n) is 11.7. The second-order valence-corrected chi connectivity index (χ2v) is 5.63. The maximum absolute atomic E-state index is 12.0. The van der Waals surface area contributed by atoms with Crippen LogP contribution in [0.5, 0.6) is 0 Å². The summed E-state index contributed by atoms with van der Waals surface area (Å²) in [6.07, 6.45) is 5.85. The van der Waals surface area contributed by atoms with E-state index in [1.807, 2.05) is 0 Å². The Labute approximate surface area is 118 Å². The van der Waals surface area contributed by atoms with Crippen LogP contribution < -0.4 is 10.6 Å². The van der Waals surface area contributed by atoms with E-state index < -0.39 is 0 Å². The molecule has 0 spiro atoms.